The van der Waals surface area contributed by atoms with E-state index in [0.717, 1.165) is 35.7 Å². The average Bonchev–Trinajstić information content (AvgIpc) is 2.53. The lowest BCUT2D eigenvalue weighted by Gasteiger charge is -2.09. The number of thioether (sulfide) groups is 1. The van der Waals surface area contributed by atoms with Crippen LogP contribution in [-0.4, -0.2) is 22.4 Å². The summed E-state index contributed by atoms with van der Waals surface area (Å²) in [6.45, 7) is 0.822. The van der Waals surface area contributed by atoms with Crippen molar-refractivity contribution in [2.45, 2.75) is 12.2 Å². The third-order valence-corrected chi connectivity index (χ3v) is 4.21. The molecule has 0 aliphatic carbocycles. The van der Waals surface area contributed by atoms with E-state index in [9.17, 15) is 4.39 Å². The third-order valence-electron chi connectivity index (χ3n) is 2.85. The second kappa shape index (κ2) is 9.38. The van der Waals surface area contributed by atoms with Crippen molar-refractivity contribution in [3.63, 3.8) is 0 Å². The van der Waals surface area contributed by atoms with E-state index < -0.39 is 0 Å². The van der Waals surface area contributed by atoms with E-state index in [1.807, 2.05) is 36.0 Å². The number of aromatic nitrogens is 1. The zero-order valence-corrected chi connectivity index (χ0v) is 13.7. The Hall–Kier alpha value is -1.66. The lowest BCUT2D eigenvalue weighted by atomic mass is 10.2. The number of rotatable bonds is 7. The fourth-order valence-corrected chi connectivity index (χ4v) is 2.90. The minimum Gasteiger partial charge on any atom is -0.362 e. The standard InChI is InChI=1S/C16H18FN3S2/c17-14-6-4-13(5-7-14)12-22-10-2-9-19-16(21)20-15-3-1-8-18-11-15/h1,3-8,11H,2,9-10,12H2,(H2,19,20,21). The number of hydrogen-bond donors (Lipinski definition) is 2. The van der Waals surface area contributed by atoms with E-state index in [0.29, 0.717) is 5.11 Å². The fraction of sp³-hybridized carbons (Fsp3) is 0.250. The first kappa shape index (κ1) is 16.7. The Labute approximate surface area is 139 Å². The van der Waals surface area contributed by atoms with Crippen molar-refractivity contribution in [3.8, 4) is 0 Å². The maximum atomic E-state index is 12.8. The molecule has 1 heterocycles. The summed E-state index contributed by atoms with van der Waals surface area (Å²) in [4.78, 5) is 4.02. The predicted molar refractivity (Wildman–Crippen MR) is 95.6 cm³/mol. The molecule has 0 unspecified atom stereocenters. The van der Waals surface area contributed by atoms with Crippen molar-refractivity contribution in [3.05, 3.63) is 60.2 Å². The first-order valence-electron chi connectivity index (χ1n) is 7.01. The van der Waals surface area contributed by atoms with E-state index in [1.165, 1.54) is 12.1 Å². The normalized spacial score (nSPS) is 10.2. The topological polar surface area (TPSA) is 37.0 Å². The summed E-state index contributed by atoms with van der Waals surface area (Å²) in [7, 11) is 0. The highest BCUT2D eigenvalue weighted by Crippen LogP contribution is 2.13. The van der Waals surface area contributed by atoms with E-state index in [-0.39, 0.29) is 5.82 Å². The number of thiocarbonyl (C=S) groups is 1. The monoisotopic (exact) mass is 335 g/mol. The van der Waals surface area contributed by atoms with Gasteiger partial charge in [-0.05, 0) is 54.2 Å². The average molecular weight is 335 g/mol. The van der Waals surface area contributed by atoms with Crippen LogP contribution in [0.3, 0.4) is 0 Å². The molecular weight excluding hydrogens is 317 g/mol. The molecule has 0 fully saturated rings. The molecule has 0 bridgehead atoms. The molecule has 3 nitrogen and oxygen atoms in total. The summed E-state index contributed by atoms with van der Waals surface area (Å²) in [6.07, 6.45) is 4.47. The van der Waals surface area contributed by atoms with Gasteiger partial charge in [0, 0.05) is 18.5 Å². The zero-order chi connectivity index (χ0) is 15.6. The van der Waals surface area contributed by atoms with Crippen LogP contribution in [0.4, 0.5) is 10.1 Å². The molecule has 0 aliphatic heterocycles. The maximum Gasteiger partial charge on any atom is 0.170 e. The van der Waals surface area contributed by atoms with E-state index in [2.05, 4.69) is 15.6 Å². The quantitative estimate of drug-likeness (QED) is 0.594. The Morgan fingerprint density at radius 3 is 2.77 bits per heavy atom. The van der Waals surface area contributed by atoms with E-state index in [4.69, 9.17) is 12.2 Å². The summed E-state index contributed by atoms with van der Waals surface area (Å²) >= 11 is 7.04. The minimum atomic E-state index is -0.187. The summed E-state index contributed by atoms with van der Waals surface area (Å²) < 4.78 is 12.8. The highest BCUT2D eigenvalue weighted by molar-refractivity contribution is 7.98. The molecule has 2 aromatic rings. The van der Waals surface area contributed by atoms with Crippen molar-refractivity contribution in [1.29, 1.82) is 0 Å². The first-order chi connectivity index (χ1) is 10.7. The van der Waals surface area contributed by atoms with Gasteiger partial charge in [-0.15, -0.1) is 0 Å². The van der Waals surface area contributed by atoms with Gasteiger partial charge in [-0.1, -0.05) is 12.1 Å². The lowest BCUT2D eigenvalue weighted by Crippen LogP contribution is -2.29. The van der Waals surface area contributed by atoms with Gasteiger partial charge >= 0.3 is 0 Å². The third kappa shape index (κ3) is 6.41. The van der Waals surface area contributed by atoms with Gasteiger partial charge in [-0.2, -0.15) is 11.8 Å². The zero-order valence-electron chi connectivity index (χ0n) is 12.1. The number of nitrogens with one attached hydrogen (secondary N) is 2. The Bertz CT molecular complexity index is 576. The molecular formula is C16H18FN3S2. The van der Waals surface area contributed by atoms with Crippen molar-refractivity contribution >= 4 is 34.8 Å². The van der Waals surface area contributed by atoms with Gasteiger partial charge in [-0.3, -0.25) is 4.98 Å². The van der Waals surface area contributed by atoms with Gasteiger partial charge in [-0.25, -0.2) is 4.39 Å². The van der Waals surface area contributed by atoms with Crippen LogP contribution in [0.25, 0.3) is 0 Å². The highest BCUT2D eigenvalue weighted by atomic mass is 32.2. The highest BCUT2D eigenvalue weighted by Gasteiger charge is 1.98. The molecule has 0 spiro atoms. The summed E-state index contributed by atoms with van der Waals surface area (Å²) in [6, 6.07) is 10.4. The van der Waals surface area contributed by atoms with Crippen LogP contribution in [0.1, 0.15) is 12.0 Å². The van der Waals surface area contributed by atoms with Gasteiger partial charge in [0.25, 0.3) is 0 Å². The molecule has 0 radical (unpaired) electrons. The Morgan fingerprint density at radius 2 is 2.05 bits per heavy atom. The minimum absolute atomic E-state index is 0.187. The SMILES string of the molecule is Fc1ccc(CSCCCNC(=S)Nc2cccnc2)cc1. The number of anilines is 1. The van der Waals surface area contributed by atoms with Gasteiger partial charge in [0.1, 0.15) is 5.82 Å². The van der Waals surface area contributed by atoms with Crippen LogP contribution in [0, 0.1) is 5.82 Å². The summed E-state index contributed by atoms with van der Waals surface area (Å²) in [5.74, 6) is 1.74. The first-order valence-corrected chi connectivity index (χ1v) is 8.57. The molecule has 0 atom stereocenters. The van der Waals surface area contributed by atoms with Gasteiger partial charge in [0.05, 0.1) is 11.9 Å². The lowest BCUT2D eigenvalue weighted by molar-refractivity contribution is 0.627. The molecule has 1 aromatic heterocycles. The molecule has 1 aromatic carbocycles. The number of halogens is 1. The second-order valence-corrected chi connectivity index (χ2v) is 6.17. The molecule has 116 valence electrons. The molecule has 0 amide bonds. The van der Waals surface area contributed by atoms with E-state index in [1.54, 1.807) is 12.4 Å². The molecule has 0 saturated carbocycles. The van der Waals surface area contributed by atoms with Crippen molar-refractivity contribution < 1.29 is 4.39 Å². The molecule has 6 heteroatoms. The Morgan fingerprint density at radius 1 is 1.23 bits per heavy atom. The Kier molecular flexibility index (Phi) is 7.12. The van der Waals surface area contributed by atoms with Gasteiger partial charge in [0.15, 0.2) is 5.11 Å². The molecule has 2 rings (SSSR count). The van der Waals surface area contributed by atoms with Crippen LogP contribution in [0.15, 0.2) is 48.8 Å². The van der Waals surface area contributed by atoms with E-state index >= 15 is 0 Å². The molecule has 22 heavy (non-hydrogen) atoms. The van der Waals surface area contributed by atoms with Crippen molar-refractivity contribution in [2.24, 2.45) is 0 Å². The number of hydrogen-bond acceptors (Lipinski definition) is 3. The van der Waals surface area contributed by atoms with Crippen LogP contribution >= 0.6 is 24.0 Å². The number of benzene rings is 1. The van der Waals surface area contributed by atoms with Crippen molar-refractivity contribution in [1.82, 2.24) is 10.3 Å². The second-order valence-electron chi connectivity index (χ2n) is 4.66. The van der Waals surface area contributed by atoms with Crippen LogP contribution < -0.4 is 10.6 Å². The Balaban J connectivity index is 1.54. The largest absolute Gasteiger partial charge is 0.362 e. The molecule has 2 N–H and O–H groups in total. The molecule has 0 saturated heterocycles. The number of pyridine rings is 1. The number of nitrogens with zero attached hydrogens (tertiary/aromatic N) is 1. The smallest absolute Gasteiger partial charge is 0.170 e. The summed E-state index contributed by atoms with van der Waals surface area (Å²) in [5, 5.41) is 6.85. The fourth-order valence-electron chi connectivity index (χ4n) is 1.76. The summed E-state index contributed by atoms with van der Waals surface area (Å²) in [5.41, 5.74) is 2.03. The van der Waals surface area contributed by atoms with Crippen LogP contribution in [-0.2, 0) is 5.75 Å². The van der Waals surface area contributed by atoms with Crippen LogP contribution in [0.5, 0.6) is 0 Å². The predicted octanol–water partition coefficient (Wildman–Crippen LogP) is 3.83. The van der Waals surface area contributed by atoms with Crippen molar-refractivity contribution in [2.75, 3.05) is 17.6 Å². The maximum absolute atomic E-state index is 12.8. The van der Waals surface area contributed by atoms with Gasteiger partial charge < -0.3 is 10.6 Å². The van der Waals surface area contributed by atoms with Gasteiger partial charge in [0.2, 0.25) is 0 Å². The molecule has 0 aliphatic rings. The van der Waals surface area contributed by atoms with Crippen LogP contribution in [0.2, 0.25) is 0 Å².